The standard InChI is InChI=1S/C31H29NO3/c1-20-14-16-21(17-15-20)26-27-24(33)18-31(2,3)19-25(27)35-30(32-23-12-8-5-9-13-23)28(26)29(34)22-10-6-4-7-11-22/h4-17,26,32H,18-19H2,1-3H3. The lowest BCUT2D eigenvalue weighted by Crippen LogP contribution is -2.35. The monoisotopic (exact) mass is 463 g/mol. The first-order valence-corrected chi connectivity index (χ1v) is 12.0. The average molecular weight is 464 g/mol. The lowest BCUT2D eigenvalue weighted by Gasteiger charge is -2.39. The fourth-order valence-corrected chi connectivity index (χ4v) is 4.96. The third-order valence-corrected chi connectivity index (χ3v) is 6.65. The molecule has 0 radical (unpaired) electrons. The average Bonchev–Trinajstić information content (AvgIpc) is 2.84. The molecule has 176 valence electrons. The predicted molar refractivity (Wildman–Crippen MR) is 138 cm³/mol. The van der Waals surface area contributed by atoms with Crippen molar-refractivity contribution in [2.45, 2.75) is 39.5 Å². The normalized spacial score (nSPS) is 19.2. The highest BCUT2D eigenvalue weighted by Gasteiger charge is 2.45. The van der Waals surface area contributed by atoms with E-state index in [1.54, 1.807) is 12.1 Å². The summed E-state index contributed by atoms with van der Waals surface area (Å²) in [6.45, 7) is 6.19. The summed E-state index contributed by atoms with van der Waals surface area (Å²) in [6.07, 6.45) is 1.05. The molecule has 0 spiro atoms. The van der Waals surface area contributed by atoms with Crippen molar-refractivity contribution < 1.29 is 14.3 Å². The van der Waals surface area contributed by atoms with E-state index in [1.165, 1.54) is 0 Å². The van der Waals surface area contributed by atoms with Crippen LogP contribution in [-0.4, -0.2) is 11.6 Å². The molecule has 0 saturated carbocycles. The first-order chi connectivity index (χ1) is 16.8. The number of benzene rings is 3. The molecule has 0 bridgehead atoms. The number of aryl methyl sites for hydroxylation is 1. The minimum Gasteiger partial charge on any atom is -0.444 e. The van der Waals surface area contributed by atoms with Gasteiger partial charge >= 0.3 is 0 Å². The van der Waals surface area contributed by atoms with Crippen molar-refractivity contribution in [2.75, 3.05) is 5.32 Å². The van der Waals surface area contributed by atoms with Crippen molar-refractivity contribution in [3.05, 3.63) is 124 Å². The number of allylic oxidation sites excluding steroid dienone is 3. The number of ether oxygens (including phenoxy) is 1. The second kappa shape index (κ2) is 9.03. The van der Waals surface area contributed by atoms with Gasteiger partial charge < -0.3 is 10.1 Å². The minimum absolute atomic E-state index is 0.0407. The molecule has 4 heteroatoms. The molecule has 1 aliphatic carbocycles. The summed E-state index contributed by atoms with van der Waals surface area (Å²) in [5, 5.41) is 3.36. The number of para-hydroxylation sites is 1. The van der Waals surface area contributed by atoms with Crippen molar-refractivity contribution in [1.82, 2.24) is 0 Å². The predicted octanol–water partition coefficient (Wildman–Crippen LogP) is 6.96. The van der Waals surface area contributed by atoms with Crippen molar-refractivity contribution >= 4 is 17.3 Å². The van der Waals surface area contributed by atoms with Crippen LogP contribution in [0.15, 0.2) is 108 Å². The Bertz CT molecular complexity index is 1330. The van der Waals surface area contributed by atoms with Crippen molar-refractivity contribution in [3.63, 3.8) is 0 Å². The van der Waals surface area contributed by atoms with Crippen LogP contribution in [0.5, 0.6) is 0 Å². The van der Waals surface area contributed by atoms with Gasteiger partial charge in [0.15, 0.2) is 11.6 Å². The van der Waals surface area contributed by atoms with Gasteiger partial charge in [-0.3, -0.25) is 9.59 Å². The maximum absolute atomic E-state index is 14.0. The number of hydrogen-bond acceptors (Lipinski definition) is 4. The Balaban J connectivity index is 1.73. The largest absolute Gasteiger partial charge is 0.444 e. The van der Waals surface area contributed by atoms with Gasteiger partial charge in [-0.25, -0.2) is 0 Å². The Morgan fingerprint density at radius 1 is 0.886 bits per heavy atom. The summed E-state index contributed by atoms with van der Waals surface area (Å²) in [7, 11) is 0. The number of carbonyl (C=O) groups excluding carboxylic acids is 2. The summed E-state index contributed by atoms with van der Waals surface area (Å²) in [5.74, 6) is 0.416. The summed E-state index contributed by atoms with van der Waals surface area (Å²) in [5.41, 5.74) is 4.24. The number of carbonyl (C=O) groups is 2. The van der Waals surface area contributed by atoms with E-state index < -0.39 is 5.92 Å². The van der Waals surface area contributed by atoms with Crippen molar-refractivity contribution in [3.8, 4) is 0 Å². The van der Waals surface area contributed by atoms with Gasteiger partial charge in [0.05, 0.1) is 11.5 Å². The first kappa shape index (κ1) is 22.9. The Hall–Kier alpha value is -3.92. The van der Waals surface area contributed by atoms with E-state index in [9.17, 15) is 9.59 Å². The molecular weight excluding hydrogens is 434 g/mol. The summed E-state index contributed by atoms with van der Waals surface area (Å²) < 4.78 is 6.44. The molecule has 2 aliphatic rings. The Morgan fingerprint density at radius 3 is 2.17 bits per heavy atom. The van der Waals surface area contributed by atoms with E-state index in [0.717, 1.165) is 16.8 Å². The number of Topliss-reactive ketones (excluding diaryl/α,β-unsaturated/α-hetero) is 2. The van der Waals surface area contributed by atoms with Gasteiger partial charge in [-0.05, 0) is 30.0 Å². The van der Waals surface area contributed by atoms with Crippen LogP contribution in [0.2, 0.25) is 0 Å². The van der Waals surface area contributed by atoms with Crippen LogP contribution in [0.1, 0.15) is 54.1 Å². The zero-order valence-corrected chi connectivity index (χ0v) is 20.3. The second-order valence-electron chi connectivity index (χ2n) is 10.2. The van der Waals surface area contributed by atoms with E-state index in [2.05, 4.69) is 19.2 Å². The molecule has 0 amide bonds. The second-order valence-corrected chi connectivity index (χ2v) is 10.2. The molecule has 0 saturated heterocycles. The molecule has 1 atom stereocenters. The zero-order chi connectivity index (χ0) is 24.6. The van der Waals surface area contributed by atoms with Gasteiger partial charge in [-0.2, -0.15) is 0 Å². The minimum atomic E-state index is -0.512. The van der Waals surface area contributed by atoms with Gasteiger partial charge in [0.25, 0.3) is 0 Å². The smallest absolute Gasteiger partial charge is 0.205 e. The number of anilines is 1. The maximum atomic E-state index is 14.0. The first-order valence-electron chi connectivity index (χ1n) is 12.0. The van der Waals surface area contributed by atoms with Crippen LogP contribution >= 0.6 is 0 Å². The molecular formula is C31H29NO3. The molecule has 1 unspecified atom stereocenters. The molecule has 3 aromatic rings. The molecule has 0 aromatic heterocycles. The Kier molecular flexibility index (Phi) is 5.89. The van der Waals surface area contributed by atoms with Gasteiger partial charge in [0.1, 0.15) is 5.76 Å². The molecule has 1 aliphatic heterocycles. The number of nitrogens with one attached hydrogen (secondary N) is 1. The highest BCUT2D eigenvalue weighted by molar-refractivity contribution is 6.13. The Morgan fingerprint density at radius 2 is 1.51 bits per heavy atom. The lowest BCUT2D eigenvalue weighted by atomic mass is 9.69. The van der Waals surface area contributed by atoms with Gasteiger partial charge in [-0.15, -0.1) is 0 Å². The number of hydrogen-bond donors (Lipinski definition) is 1. The third-order valence-electron chi connectivity index (χ3n) is 6.65. The fraction of sp³-hybridized carbons (Fsp3) is 0.226. The zero-order valence-electron chi connectivity index (χ0n) is 20.3. The molecule has 1 heterocycles. The van der Waals surface area contributed by atoms with Crippen molar-refractivity contribution in [2.24, 2.45) is 5.41 Å². The van der Waals surface area contributed by atoms with E-state index in [0.29, 0.717) is 41.2 Å². The van der Waals surface area contributed by atoms with Gasteiger partial charge in [-0.1, -0.05) is 92.2 Å². The van der Waals surface area contributed by atoms with Gasteiger partial charge in [0, 0.05) is 29.7 Å². The van der Waals surface area contributed by atoms with E-state index in [-0.39, 0.29) is 17.0 Å². The third kappa shape index (κ3) is 4.57. The molecule has 35 heavy (non-hydrogen) atoms. The van der Waals surface area contributed by atoms with Gasteiger partial charge in [0.2, 0.25) is 5.88 Å². The molecule has 4 nitrogen and oxygen atoms in total. The molecule has 3 aromatic carbocycles. The summed E-state index contributed by atoms with van der Waals surface area (Å²) >= 11 is 0. The molecule has 1 N–H and O–H groups in total. The van der Waals surface area contributed by atoms with Crippen LogP contribution in [0.4, 0.5) is 5.69 Å². The van der Waals surface area contributed by atoms with Crippen molar-refractivity contribution in [1.29, 1.82) is 0 Å². The van der Waals surface area contributed by atoms with Crippen LogP contribution in [0.3, 0.4) is 0 Å². The summed E-state index contributed by atoms with van der Waals surface area (Å²) in [4.78, 5) is 27.6. The van der Waals surface area contributed by atoms with E-state index in [4.69, 9.17) is 4.74 Å². The Labute approximate surface area is 206 Å². The van der Waals surface area contributed by atoms with Crippen LogP contribution in [0.25, 0.3) is 0 Å². The SMILES string of the molecule is Cc1ccc(C2C3=C(CC(C)(C)CC3=O)OC(Nc3ccccc3)=C2C(=O)c2ccccc2)cc1. The molecule has 5 rings (SSSR count). The number of ketones is 2. The quantitative estimate of drug-likeness (QED) is 0.416. The molecule has 0 fully saturated rings. The lowest BCUT2D eigenvalue weighted by molar-refractivity contribution is -0.119. The van der Waals surface area contributed by atoms with Crippen LogP contribution < -0.4 is 5.32 Å². The van der Waals surface area contributed by atoms with Crippen LogP contribution in [-0.2, 0) is 9.53 Å². The highest BCUT2D eigenvalue weighted by Crippen LogP contribution is 2.49. The summed E-state index contributed by atoms with van der Waals surface area (Å²) in [6, 6.07) is 26.9. The topological polar surface area (TPSA) is 55.4 Å². The van der Waals surface area contributed by atoms with E-state index in [1.807, 2.05) is 79.7 Å². The van der Waals surface area contributed by atoms with Crippen LogP contribution in [0, 0.1) is 12.3 Å². The fourth-order valence-electron chi connectivity index (χ4n) is 4.96. The van der Waals surface area contributed by atoms with E-state index >= 15 is 0 Å². The number of rotatable bonds is 5. The highest BCUT2D eigenvalue weighted by atomic mass is 16.5. The maximum Gasteiger partial charge on any atom is 0.205 e.